The van der Waals surface area contributed by atoms with Gasteiger partial charge in [-0.3, -0.25) is 0 Å². The van der Waals surface area contributed by atoms with Crippen LogP contribution in [0.4, 0.5) is 0 Å². The molecule has 0 amide bonds. The van der Waals surface area contributed by atoms with Crippen LogP contribution < -0.4 is 0 Å². The summed E-state index contributed by atoms with van der Waals surface area (Å²) in [5.41, 5.74) is 0. The summed E-state index contributed by atoms with van der Waals surface area (Å²) in [7, 11) is -1.61. The Morgan fingerprint density at radius 1 is 1.00 bits per heavy atom. The second-order valence-corrected chi connectivity index (χ2v) is 2.62. The molecule has 0 heterocycles. The van der Waals surface area contributed by atoms with Crippen molar-refractivity contribution in [1.82, 2.24) is 0 Å². The standard InChI is InChI=1S/C6H16B2O3/c1-3-5-7(9)11-8(10)6-4-2/h9-10H,3-6H2,1-2H3. The predicted molar refractivity (Wildman–Crippen MR) is 47.2 cm³/mol. The third-order valence-electron chi connectivity index (χ3n) is 1.39. The van der Waals surface area contributed by atoms with E-state index in [1.54, 1.807) is 0 Å². The number of rotatable bonds is 6. The van der Waals surface area contributed by atoms with Gasteiger partial charge in [0.2, 0.25) is 0 Å². The molecule has 0 fully saturated rings. The molecule has 64 valence electrons. The predicted octanol–water partition coefficient (Wildman–Crippen LogP) is 0.784. The quantitative estimate of drug-likeness (QED) is 0.561. The molecule has 0 aromatic rings. The van der Waals surface area contributed by atoms with E-state index in [9.17, 15) is 0 Å². The zero-order chi connectivity index (χ0) is 8.69. The first kappa shape index (κ1) is 11.0. The molecule has 11 heavy (non-hydrogen) atoms. The first-order chi connectivity index (χ1) is 5.20. The minimum absolute atomic E-state index is 0.584. The molecule has 0 aromatic heterocycles. The highest BCUT2D eigenvalue weighted by molar-refractivity contribution is 6.57. The first-order valence-electron chi connectivity index (χ1n) is 4.22. The fraction of sp³-hybridized carbons (Fsp3) is 1.00. The van der Waals surface area contributed by atoms with Crippen molar-refractivity contribution < 1.29 is 14.6 Å². The van der Waals surface area contributed by atoms with Crippen LogP contribution in [-0.2, 0) is 4.57 Å². The van der Waals surface area contributed by atoms with E-state index in [0.717, 1.165) is 12.8 Å². The maximum absolute atomic E-state index is 9.06. The topological polar surface area (TPSA) is 49.7 Å². The Morgan fingerprint density at radius 2 is 1.36 bits per heavy atom. The fourth-order valence-corrected chi connectivity index (χ4v) is 0.811. The lowest BCUT2D eigenvalue weighted by molar-refractivity contribution is 0.352. The molecule has 0 aliphatic heterocycles. The Kier molecular flexibility index (Phi) is 6.71. The van der Waals surface area contributed by atoms with Crippen LogP contribution in [0.15, 0.2) is 0 Å². The zero-order valence-corrected chi connectivity index (χ0v) is 7.29. The van der Waals surface area contributed by atoms with Gasteiger partial charge < -0.3 is 14.6 Å². The van der Waals surface area contributed by atoms with Crippen molar-refractivity contribution in [3.63, 3.8) is 0 Å². The summed E-state index contributed by atoms with van der Waals surface area (Å²) in [6.45, 7) is 3.91. The maximum atomic E-state index is 9.06. The van der Waals surface area contributed by atoms with Crippen LogP contribution in [0.1, 0.15) is 26.7 Å². The highest BCUT2D eigenvalue weighted by Crippen LogP contribution is 2.01. The molecule has 0 aromatic carbocycles. The van der Waals surface area contributed by atoms with Crippen LogP contribution in [0.5, 0.6) is 0 Å². The molecule has 0 bridgehead atoms. The summed E-state index contributed by atoms with van der Waals surface area (Å²) in [6, 6.07) is 0. The van der Waals surface area contributed by atoms with E-state index in [0.29, 0.717) is 12.6 Å². The van der Waals surface area contributed by atoms with E-state index in [2.05, 4.69) is 0 Å². The number of hydrogen-bond acceptors (Lipinski definition) is 3. The molecule has 0 unspecified atom stereocenters. The van der Waals surface area contributed by atoms with Crippen LogP contribution >= 0.6 is 0 Å². The molecule has 0 aliphatic rings. The molecule has 5 heteroatoms. The number of hydrogen-bond donors (Lipinski definition) is 2. The van der Waals surface area contributed by atoms with Gasteiger partial charge in [0.05, 0.1) is 0 Å². The van der Waals surface area contributed by atoms with E-state index in [1.807, 2.05) is 13.8 Å². The van der Waals surface area contributed by atoms with Gasteiger partial charge in [-0.1, -0.05) is 26.7 Å². The molecule has 0 atom stereocenters. The SMILES string of the molecule is CCCB(O)OB(O)CCC. The van der Waals surface area contributed by atoms with E-state index >= 15 is 0 Å². The first-order valence-corrected chi connectivity index (χ1v) is 4.22. The highest BCUT2D eigenvalue weighted by atomic mass is 16.5. The zero-order valence-electron chi connectivity index (χ0n) is 7.29. The summed E-state index contributed by atoms with van der Waals surface area (Å²) in [4.78, 5) is 0. The van der Waals surface area contributed by atoms with E-state index in [-0.39, 0.29) is 0 Å². The van der Waals surface area contributed by atoms with Crippen LogP contribution in [0.3, 0.4) is 0 Å². The Labute approximate surface area is 69.1 Å². The van der Waals surface area contributed by atoms with Gasteiger partial charge in [0.25, 0.3) is 0 Å². The lowest BCUT2D eigenvalue weighted by atomic mass is 9.75. The van der Waals surface area contributed by atoms with E-state index in [4.69, 9.17) is 14.6 Å². The van der Waals surface area contributed by atoms with Gasteiger partial charge >= 0.3 is 14.2 Å². The molecular weight excluding hydrogens is 142 g/mol. The Hall–Kier alpha value is 0.00987. The molecule has 2 N–H and O–H groups in total. The molecule has 0 saturated heterocycles. The fourth-order valence-electron chi connectivity index (χ4n) is 0.811. The molecule has 3 nitrogen and oxygen atoms in total. The van der Waals surface area contributed by atoms with E-state index in [1.165, 1.54) is 0 Å². The van der Waals surface area contributed by atoms with Gasteiger partial charge in [-0.2, -0.15) is 0 Å². The van der Waals surface area contributed by atoms with Crippen molar-refractivity contribution in [3.8, 4) is 0 Å². The third-order valence-corrected chi connectivity index (χ3v) is 1.39. The second-order valence-electron chi connectivity index (χ2n) is 2.62. The monoisotopic (exact) mass is 158 g/mol. The summed E-state index contributed by atoms with van der Waals surface area (Å²) >= 11 is 0. The van der Waals surface area contributed by atoms with Gasteiger partial charge in [-0.25, -0.2) is 0 Å². The normalized spacial score (nSPS) is 9.82. The smallest absolute Gasteiger partial charge is 0.440 e. The Balaban J connectivity index is 3.32. The molecule has 0 radical (unpaired) electrons. The molecule has 0 spiro atoms. The minimum Gasteiger partial charge on any atom is -0.451 e. The summed E-state index contributed by atoms with van der Waals surface area (Å²) in [5.74, 6) is 0. The van der Waals surface area contributed by atoms with Crippen LogP contribution in [-0.4, -0.2) is 24.3 Å². The van der Waals surface area contributed by atoms with Crippen LogP contribution in [0.2, 0.25) is 12.6 Å². The second kappa shape index (κ2) is 6.70. The van der Waals surface area contributed by atoms with Crippen molar-refractivity contribution in [2.75, 3.05) is 0 Å². The van der Waals surface area contributed by atoms with Crippen LogP contribution in [0, 0.1) is 0 Å². The van der Waals surface area contributed by atoms with Crippen molar-refractivity contribution >= 4 is 14.2 Å². The van der Waals surface area contributed by atoms with Gasteiger partial charge in [0.1, 0.15) is 0 Å². The van der Waals surface area contributed by atoms with Crippen molar-refractivity contribution in [3.05, 3.63) is 0 Å². The summed E-state index contributed by atoms with van der Waals surface area (Å²) in [5, 5.41) is 18.1. The Morgan fingerprint density at radius 3 is 1.64 bits per heavy atom. The average molecular weight is 158 g/mol. The summed E-state index contributed by atoms with van der Waals surface area (Å²) < 4.78 is 4.84. The molecule has 0 saturated carbocycles. The minimum atomic E-state index is -0.804. The van der Waals surface area contributed by atoms with Gasteiger partial charge in [0, 0.05) is 0 Å². The van der Waals surface area contributed by atoms with Crippen LogP contribution in [0.25, 0.3) is 0 Å². The van der Waals surface area contributed by atoms with Crippen molar-refractivity contribution in [1.29, 1.82) is 0 Å². The van der Waals surface area contributed by atoms with Gasteiger partial charge in [0.15, 0.2) is 0 Å². The average Bonchev–Trinajstić information content (AvgIpc) is 1.87. The summed E-state index contributed by atoms with van der Waals surface area (Å²) in [6.07, 6.45) is 2.89. The van der Waals surface area contributed by atoms with E-state index < -0.39 is 14.2 Å². The van der Waals surface area contributed by atoms with Gasteiger partial charge in [-0.05, 0) is 12.6 Å². The molecular formula is C6H16B2O3. The largest absolute Gasteiger partial charge is 0.451 e. The lowest BCUT2D eigenvalue weighted by Gasteiger charge is -2.09. The highest BCUT2D eigenvalue weighted by Gasteiger charge is 2.19. The van der Waals surface area contributed by atoms with Gasteiger partial charge in [-0.15, -0.1) is 0 Å². The lowest BCUT2D eigenvalue weighted by Crippen LogP contribution is -2.28. The maximum Gasteiger partial charge on any atom is 0.440 e. The molecule has 0 aliphatic carbocycles. The molecule has 0 rings (SSSR count). The third kappa shape index (κ3) is 6.41. The van der Waals surface area contributed by atoms with Crippen molar-refractivity contribution in [2.45, 2.75) is 39.3 Å². The van der Waals surface area contributed by atoms with Crippen molar-refractivity contribution in [2.24, 2.45) is 0 Å². The Bertz CT molecular complexity index is 81.9.